The molecule has 0 spiro atoms. The highest BCUT2D eigenvalue weighted by Gasteiger charge is 2.31. The molecule has 1 aliphatic heterocycles. The third-order valence-corrected chi connectivity index (χ3v) is 4.10. The second kappa shape index (κ2) is 5.88. The molecule has 0 saturated carbocycles. The first-order valence-electron chi connectivity index (χ1n) is 7.50. The normalized spacial score (nSPS) is 18.0. The highest BCUT2D eigenvalue weighted by molar-refractivity contribution is 5.42. The van der Waals surface area contributed by atoms with Crippen LogP contribution in [-0.4, -0.2) is 17.5 Å². The van der Waals surface area contributed by atoms with E-state index in [0.29, 0.717) is 18.6 Å². The van der Waals surface area contributed by atoms with Crippen LogP contribution in [0.2, 0.25) is 0 Å². The van der Waals surface area contributed by atoms with E-state index in [-0.39, 0.29) is 0 Å². The van der Waals surface area contributed by atoms with E-state index in [1.165, 1.54) is 11.1 Å². The van der Waals surface area contributed by atoms with Gasteiger partial charge in [0.25, 0.3) is 0 Å². The monoisotopic (exact) mass is 282 g/mol. The number of para-hydroxylation sites is 1. The standard InChI is InChI=1S/C18H22N2O/c1-13(2)20-12-14-8-9-16(10-17(14)18(20)11-19)21-15-6-4-3-5-7-15/h3-10,13,18H,11-12,19H2,1-2H3. The molecule has 1 atom stereocenters. The Kier molecular flexibility index (Phi) is 3.95. The van der Waals surface area contributed by atoms with Crippen LogP contribution in [0.25, 0.3) is 0 Å². The fraction of sp³-hybridized carbons (Fsp3) is 0.333. The molecule has 1 heterocycles. The molecule has 1 aliphatic rings. The van der Waals surface area contributed by atoms with E-state index in [4.69, 9.17) is 10.5 Å². The summed E-state index contributed by atoms with van der Waals surface area (Å²) in [7, 11) is 0. The van der Waals surface area contributed by atoms with Crippen LogP contribution in [0.3, 0.4) is 0 Å². The molecule has 3 heteroatoms. The molecule has 0 aliphatic carbocycles. The summed E-state index contributed by atoms with van der Waals surface area (Å²) in [5.41, 5.74) is 8.66. The second-order valence-electron chi connectivity index (χ2n) is 5.79. The third kappa shape index (κ3) is 2.80. The van der Waals surface area contributed by atoms with Gasteiger partial charge in [0.2, 0.25) is 0 Å². The molecule has 2 aromatic rings. The molecular formula is C18H22N2O. The SMILES string of the molecule is CC(C)N1Cc2ccc(Oc3ccccc3)cc2C1CN. The summed E-state index contributed by atoms with van der Waals surface area (Å²) in [6.07, 6.45) is 0. The van der Waals surface area contributed by atoms with Gasteiger partial charge < -0.3 is 10.5 Å². The van der Waals surface area contributed by atoms with Crippen molar-refractivity contribution in [3.63, 3.8) is 0 Å². The number of benzene rings is 2. The lowest BCUT2D eigenvalue weighted by Crippen LogP contribution is -2.33. The van der Waals surface area contributed by atoms with E-state index in [0.717, 1.165) is 18.0 Å². The van der Waals surface area contributed by atoms with Crippen LogP contribution in [0.15, 0.2) is 48.5 Å². The lowest BCUT2D eigenvalue weighted by Gasteiger charge is -2.27. The fourth-order valence-corrected chi connectivity index (χ4v) is 3.01. The van der Waals surface area contributed by atoms with E-state index in [9.17, 15) is 0 Å². The maximum absolute atomic E-state index is 6.00. The van der Waals surface area contributed by atoms with Crippen molar-refractivity contribution in [2.45, 2.75) is 32.5 Å². The predicted molar refractivity (Wildman–Crippen MR) is 85.4 cm³/mol. The van der Waals surface area contributed by atoms with Gasteiger partial charge in [-0.2, -0.15) is 0 Å². The predicted octanol–water partition coefficient (Wildman–Crippen LogP) is 3.70. The van der Waals surface area contributed by atoms with E-state index in [1.807, 2.05) is 36.4 Å². The minimum atomic E-state index is 0.291. The summed E-state index contributed by atoms with van der Waals surface area (Å²) in [6.45, 7) is 6.05. The lowest BCUT2D eigenvalue weighted by molar-refractivity contribution is 0.172. The summed E-state index contributed by atoms with van der Waals surface area (Å²) < 4.78 is 5.93. The molecule has 1 unspecified atom stereocenters. The smallest absolute Gasteiger partial charge is 0.127 e. The number of ether oxygens (including phenoxy) is 1. The highest BCUT2D eigenvalue weighted by Crippen LogP contribution is 2.37. The highest BCUT2D eigenvalue weighted by atomic mass is 16.5. The number of nitrogens with zero attached hydrogens (tertiary/aromatic N) is 1. The molecule has 0 amide bonds. The first kappa shape index (κ1) is 14.1. The first-order chi connectivity index (χ1) is 10.2. The molecule has 0 aromatic heterocycles. The fourth-order valence-electron chi connectivity index (χ4n) is 3.01. The summed E-state index contributed by atoms with van der Waals surface area (Å²) in [6, 6.07) is 17.0. The Hall–Kier alpha value is -1.84. The van der Waals surface area contributed by atoms with Crippen molar-refractivity contribution in [3.8, 4) is 11.5 Å². The molecule has 110 valence electrons. The molecule has 0 saturated heterocycles. The van der Waals surface area contributed by atoms with Gasteiger partial charge in [0, 0.05) is 25.2 Å². The first-order valence-corrected chi connectivity index (χ1v) is 7.50. The van der Waals surface area contributed by atoms with Gasteiger partial charge in [0.1, 0.15) is 11.5 Å². The maximum Gasteiger partial charge on any atom is 0.127 e. The van der Waals surface area contributed by atoms with Crippen LogP contribution in [0.5, 0.6) is 11.5 Å². The van der Waals surface area contributed by atoms with Crippen molar-refractivity contribution in [2.75, 3.05) is 6.54 Å². The Labute approximate surface area is 126 Å². The van der Waals surface area contributed by atoms with Gasteiger partial charge >= 0.3 is 0 Å². The Morgan fingerprint density at radius 3 is 2.57 bits per heavy atom. The zero-order chi connectivity index (χ0) is 14.8. The van der Waals surface area contributed by atoms with E-state index >= 15 is 0 Å². The molecule has 2 N–H and O–H groups in total. The summed E-state index contributed by atoms with van der Waals surface area (Å²) in [4.78, 5) is 2.44. The van der Waals surface area contributed by atoms with Gasteiger partial charge in [-0.25, -0.2) is 0 Å². The van der Waals surface area contributed by atoms with Gasteiger partial charge in [-0.3, -0.25) is 4.90 Å². The maximum atomic E-state index is 6.00. The molecule has 0 radical (unpaired) electrons. The zero-order valence-electron chi connectivity index (χ0n) is 12.6. The van der Waals surface area contributed by atoms with Crippen LogP contribution < -0.4 is 10.5 Å². The molecule has 0 fully saturated rings. The Morgan fingerprint density at radius 2 is 1.90 bits per heavy atom. The third-order valence-electron chi connectivity index (χ3n) is 4.10. The second-order valence-corrected chi connectivity index (χ2v) is 5.79. The number of fused-ring (bicyclic) bond motifs is 1. The number of hydrogen-bond donors (Lipinski definition) is 1. The van der Waals surface area contributed by atoms with Crippen molar-refractivity contribution in [2.24, 2.45) is 5.73 Å². The quantitative estimate of drug-likeness (QED) is 0.929. The van der Waals surface area contributed by atoms with Crippen molar-refractivity contribution in [3.05, 3.63) is 59.7 Å². The topological polar surface area (TPSA) is 38.5 Å². The van der Waals surface area contributed by atoms with Crippen molar-refractivity contribution < 1.29 is 4.74 Å². The van der Waals surface area contributed by atoms with Crippen LogP contribution in [0, 0.1) is 0 Å². The number of hydrogen-bond acceptors (Lipinski definition) is 3. The minimum absolute atomic E-state index is 0.291. The largest absolute Gasteiger partial charge is 0.457 e. The lowest BCUT2D eigenvalue weighted by atomic mass is 10.0. The molecular weight excluding hydrogens is 260 g/mol. The number of rotatable bonds is 4. The average Bonchev–Trinajstić information content (AvgIpc) is 2.86. The Bertz CT molecular complexity index is 610. The van der Waals surface area contributed by atoms with Crippen molar-refractivity contribution >= 4 is 0 Å². The molecule has 0 bridgehead atoms. The Balaban J connectivity index is 1.87. The minimum Gasteiger partial charge on any atom is -0.457 e. The van der Waals surface area contributed by atoms with Crippen LogP contribution in [0.1, 0.15) is 31.0 Å². The summed E-state index contributed by atoms with van der Waals surface area (Å²) >= 11 is 0. The van der Waals surface area contributed by atoms with E-state index < -0.39 is 0 Å². The zero-order valence-corrected chi connectivity index (χ0v) is 12.6. The van der Waals surface area contributed by atoms with Gasteiger partial charge in [-0.15, -0.1) is 0 Å². The van der Waals surface area contributed by atoms with Gasteiger partial charge in [-0.05, 0) is 49.2 Å². The molecule has 3 rings (SSSR count). The van der Waals surface area contributed by atoms with Gasteiger partial charge in [0.05, 0.1) is 0 Å². The van der Waals surface area contributed by atoms with Gasteiger partial charge in [0.15, 0.2) is 0 Å². The average molecular weight is 282 g/mol. The Morgan fingerprint density at radius 1 is 1.14 bits per heavy atom. The van der Waals surface area contributed by atoms with Gasteiger partial charge in [-0.1, -0.05) is 24.3 Å². The molecule has 2 aromatic carbocycles. The van der Waals surface area contributed by atoms with Crippen molar-refractivity contribution in [1.82, 2.24) is 4.90 Å². The van der Waals surface area contributed by atoms with E-state index in [1.54, 1.807) is 0 Å². The van der Waals surface area contributed by atoms with Crippen LogP contribution in [0.4, 0.5) is 0 Å². The summed E-state index contributed by atoms with van der Waals surface area (Å²) in [5, 5.41) is 0. The van der Waals surface area contributed by atoms with E-state index in [2.05, 4.69) is 30.9 Å². The van der Waals surface area contributed by atoms with Crippen LogP contribution >= 0.6 is 0 Å². The molecule has 3 nitrogen and oxygen atoms in total. The molecule has 21 heavy (non-hydrogen) atoms. The number of nitrogens with two attached hydrogens (primary N) is 1. The van der Waals surface area contributed by atoms with Crippen molar-refractivity contribution in [1.29, 1.82) is 0 Å². The van der Waals surface area contributed by atoms with Crippen LogP contribution in [-0.2, 0) is 6.54 Å². The summed E-state index contributed by atoms with van der Waals surface area (Å²) in [5.74, 6) is 1.74.